The van der Waals surface area contributed by atoms with Gasteiger partial charge in [-0.1, -0.05) is 29.8 Å². The van der Waals surface area contributed by atoms with Crippen molar-refractivity contribution in [3.63, 3.8) is 0 Å². The summed E-state index contributed by atoms with van der Waals surface area (Å²) in [4.78, 5) is 24.5. The number of anilines is 2. The number of fused-ring (bicyclic) bond motifs is 1. The van der Waals surface area contributed by atoms with E-state index >= 15 is 0 Å². The molecule has 1 atom stereocenters. The maximum atomic E-state index is 13.4. The SMILES string of the molecule is C[C@H](NC(=O)c1c(Nc2cccc(C(F)(F)F)c2)c2ccc(Cl)cc2n1C)c1ccc(C(=O)O)cc1. The number of benzene rings is 3. The van der Waals surface area contributed by atoms with Crippen LogP contribution in [-0.4, -0.2) is 21.6 Å². The Hall–Kier alpha value is -3.98. The van der Waals surface area contributed by atoms with E-state index in [1.807, 2.05) is 0 Å². The highest BCUT2D eigenvalue weighted by Crippen LogP contribution is 2.36. The maximum absolute atomic E-state index is 13.4. The molecule has 3 aromatic carbocycles. The number of nitrogens with one attached hydrogen (secondary N) is 2. The lowest BCUT2D eigenvalue weighted by atomic mass is 10.1. The van der Waals surface area contributed by atoms with E-state index in [1.165, 1.54) is 24.3 Å². The van der Waals surface area contributed by atoms with E-state index in [1.54, 1.807) is 48.9 Å². The molecule has 4 rings (SSSR count). The fraction of sp³-hybridized carbons (Fsp3) is 0.154. The molecule has 0 radical (unpaired) electrons. The van der Waals surface area contributed by atoms with Crippen molar-refractivity contribution < 1.29 is 27.9 Å². The summed E-state index contributed by atoms with van der Waals surface area (Å²) in [6.07, 6.45) is -4.52. The average molecular weight is 516 g/mol. The zero-order valence-electron chi connectivity index (χ0n) is 19.2. The predicted molar refractivity (Wildman–Crippen MR) is 132 cm³/mol. The molecule has 36 heavy (non-hydrogen) atoms. The van der Waals surface area contributed by atoms with E-state index in [4.69, 9.17) is 16.7 Å². The number of hydrogen-bond donors (Lipinski definition) is 3. The van der Waals surface area contributed by atoms with Gasteiger partial charge in [0.1, 0.15) is 5.69 Å². The van der Waals surface area contributed by atoms with Crippen molar-refractivity contribution in [1.82, 2.24) is 9.88 Å². The van der Waals surface area contributed by atoms with E-state index in [0.29, 0.717) is 27.2 Å². The quantitative estimate of drug-likeness (QED) is 0.264. The number of aromatic nitrogens is 1. The number of carboxylic acids is 1. The first-order chi connectivity index (χ1) is 17.0. The number of aryl methyl sites for hydroxylation is 1. The van der Waals surface area contributed by atoms with Crippen LogP contribution in [0.2, 0.25) is 5.02 Å². The van der Waals surface area contributed by atoms with Crippen LogP contribution in [0.3, 0.4) is 0 Å². The molecule has 6 nitrogen and oxygen atoms in total. The summed E-state index contributed by atoms with van der Waals surface area (Å²) in [5.41, 5.74) is 1.28. The summed E-state index contributed by atoms with van der Waals surface area (Å²) in [5.74, 6) is -1.54. The van der Waals surface area contributed by atoms with Crippen LogP contribution in [0.1, 0.15) is 44.9 Å². The van der Waals surface area contributed by atoms with Crippen LogP contribution in [0, 0.1) is 0 Å². The number of nitrogens with zero attached hydrogens (tertiary/aromatic N) is 1. The maximum Gasteiger partial charge on any atom is 0.416 e. The van der Waals surface area contributed by atoms with Crippen LogP contribution >= 0.6 is 11.6 Å². The molecule has 0 spiro atoms. The molecule has 1 amide bonds. The lowest BCUT2D eigenvalue weighted by Gasteiger charge is -2.17. The van der Waals surface area contributed by atoms with Crippen molar-refractivity contribution in [2.24, 2.45) is 7.05 Å². The average Bonchev–Trinajstić information content (AvgIpc) is 3.09. The first-order valence-electron chi connectivity index (χ1n) is 10.8. The van der Waals surface area contributed by atoms with Gasteiger partial charge in [-0.05, 0) is 61.0 Å². The number of amides is 1. The summed E-state index contributed by atoms with van der Waals surface area (Å²) in [6.45, 7) is 1.74. The standard InChI is InChI=1S/C26H21ClF3N3O3/c1-14(15-6-8-16(9-7-15)25(35)36)31-24(34)23-22(20-11-10-18(27)13-21(20)33(23)2)32-19-5-3-4-17(12-19)26(28,29)30/h3-14,32H,1-2H3,(H,31,34)(H,35,36)/t14-/m0/s1. The minimum atomic E-state index is -4.52. The topological polar surface area (TPSA) is 83.4 Å². The van der Waals surface area contributed by atoms with E-state index in [2.05, 4.69) is 10.6 Å². The van der Waals surface area contributed by atoms with Gasteiger partial charge in [0.2, 0.25) is 0 Å². The molecule has 0 saturated heterocycles. The van der Waals surface area contributed by atoms with Crippen molar-refractivity contribution >= 4 is 45.8 Å². The van der Waals surface area contributed by atoms with Gasteiger partial charge in [0, 0.05) is 23.1 Å². The molecule has 0 bridgehead atoms. The third-order valence-electron chi connectivity index (χ3n) is 5.84. The van der Waals surface area contributed by atoms with Gasteiger partial charge >= 0.3 is 12.1 Å². The minimum absolute atomic E-state index is 0.121. The third kappa shape index (κ3) is 5.01. The Balaban J connectivity index is 1.72. The van der Waals surface area contributed by atoms with Crippen molar-refractivity contribution in [3.05, 3.63) is 94.1 Å². The number of hydrogen-bond acceptors (Lipinski definition) is 3. The number of aromatic carboxylic acids is 1. The van der Waals surface area contributed by atoms with Crippen LogP contribution in [0.15, 0.2) is 66.7 Å². The first-order valence-corrected chi connectivity index (χ1v) is 11.2. The molecule has 0 unspecified atom stereocenters. The van der Waals surface area contributed by atoms with Crippen molar-refractivity contribution in [3.8, 4) is 0 Å². The monoisotopic (exact) mass is 515 g/mol. The van der Waals surface area contributed by atoms with Crippen LogP contribution < -0.4 is 10.6 Å². The second-order valence-electron chi connectivity index (χ2n) is 8.27. The highest BCUT2D eigenvalue weighted by atomic mass is 35.5. The summed E-state index contributed by atoms with van der Waals surface area (Å²) in [5, 5.41) is 16.0. The molecule has 3 N–H and O–H groups in total. The summed E-state index contributed by atoms with van der Waals surface area (Å²) < 4.78 is 41.4. The summed E-state index contributed by atoms with van der Waals surface area (Å²) >= 11 is 6.16. The molecule has 1 heterocycles. The normalized spacial score (nSPS) is 12.4. The molecule has 1 aromatic heterocycles. The van der Waals surface area contributed by atoms with Gasteiger partial charge in [0.25, 0.3) is 5.91 Å². The van der Waals surface area contributed by atoms with Gasteiger partial charge in [-0.25, -0.2) is 4.79 Å². The Bertz CT molecular complexity index is 1460. The van der Waals surface area contributed by atoms with Crippen LogP contribution in [0.5, 0.6) is 0 Å². The van der Waals surface area contributed by atoms with Crippen molar-refractivity contribution in [2.75, 3.05) is 5.32 Å². The zero-order valence-corrected chi connectivity index (χ0v) is 19.9. The van der Waals surface area contributed by atoms with E-state index in [-0.39, 0.29) is 16.9 Å². The summed E-state index contributed by atoms with van der Waals surface area (Å²) in [7, 11) is 1.66. The molecule has 0 saturated carbocycles. The van der Waals surface area contributed by atoms with E-state index in [9.17, 15) is 22.8 Å². The molecule has 0 aliphatic rings. The summed E-state index contributed by atoms with van der Waals surface area (Å²) in [6, 6.07) is 15.3. The lowest BCUT2D eigenvalue weighted by Crippen LogP contribution is -2.29. The number of rotatable bonds is 6. The highest BCUT2D eigenvalue weighted by molar-refractivity contribution is 6.31. The molecular weight excluding hydrogens is 495 g/mol. The number of halogens is 4. The first kappa shape index (κ1) is 25.1. The number of alkyl halides is 3. The molecule has 186 valence electrons. The van der Waals surface area contributed by atoms with Gasteiger partial charge in [-0.3, -0.25) is 4.79 Å². The number of carbonyl (C=O) groups is 2. The van der Waals surface area contributed by atoms with E-state index < -0.39 is 29.7 Å². The fourth-order valence-corrected chi connectivity index (χ4v) is 4.15. The minimum Gasteiger partial charge on any atom is -0.478 e. The zero-order chi connectivity index (χ0) is 26.2. The Morgan fingerprint density at radius 1 is 1.03 bits per heavy atom. The number of carboxylic acid groups (broad SMARTS) is 1. The molecule has 10 heteroatoms. The van der Waals surface area contributed by atoms with Crippen molar-refractivity contribution in [1.29, 1.82) is 0 Å². The largest absolute Gasteiger partial charge is 0.478 e. The van der Waals surface area contributed by atoms with Crippen LogP contribution in [0.4, 0.5) is 24.5 Å². The van der Waals surface area contributed by atoms with Gasteiger partial charge in [-0.2, -0.15) is 13.2 Å². The Morgan fingerprint density at radius 3 is 2.36 bits per heavy atom. The molecule has 0 fully saturated rings. The third-order valence-corrected chi connectivity index (χ3v) is 6.08. The van der Waals surface area contributed by atoms with Gasteiger partial charge in [0.05, 0.1) is 28.4 Å². The Kier molecular flexibility index (Phi) is 6.69. The molecular formula is C26H21ClF3N3O3. The predicted octanol–water partition coefficient (Wildman–Crippen LogP) is 6.78. The van der Waals surface area contributed by atoms with Crippen molar-refractivity contribution in [2.45, 2.75) is 19.1 Å². The van der Waals surface area contributed by atoms with Crippen LogP contribution in [0.25, 0.3) is 10.9 Å². The smallest absolute Gasteiger partial charge is 0.416 e. The van der Waals surface area contributed by atoms with Gasteiger partial charge < -0.3 is 20.3 Å². The lowest BCUT2D eigenvalue weighted by molar-refractivity contribution is -0.137. The second-order valence-corrected chi connectivity index (χ2v) is 8.71. The number of carbonyl (C=O) groups excluding carboxylic acids is 1. The van der Waals surface area contributed by atoms with Gasteiger partial charge in [-0.15, -0.1) is 0 Å². The Labute approximate surface area is 209 Å². The Morgan fingerprint density at radius 2 is 1.72 bits per heavy atom. The molecule has 4 aromatic rings. The molecule has 0 aliphatic carbocycles. The molecule has 0 aliphatic heterocycles. The highest BCUT2D eigenvalue weighted by Gasteiger charge is 2.31. The van der Waals surface area contributed by atoms with E-state index in [0.717, 1.165) is 12.1 Å². The fourth-order valence-electron chi connectivity index (χ4n) is 3.98. The second kappa shape index (κ2) is 9.58. The van der Waals surface area contributed by atoms with Crippen LogP contribution in [-0.2, 0) is 13.2 Å². The van der Waals surface area contributed by atoms with Gasteiger partial charge in [0.15, 0.2) is 0 Å².